The highest BCUT2D eigenvalue weighted by molar-refractivity contribution is 5.29. The normalized spacial score (nSPS) is 10.9. The summed E-state index contributed by atoms with van der Waals surface area (Å²) < 4.78 is 7.09. The van der Waals surface area contributed by atoms with Gasteiger partial charge in [0.1, 0.15) is 0 Å². The molecule has 0 fully saturated rings. The first-order valence-corrected chi connectivity index (χ1v) is 5.00. The highest BCUT2D eigenvalue weighted by atomic mass is 16.5. The number of hydrogen-bond acceptors (Lipinski definition) is 3. The zero-order chi connectivity index (χ0) is 11.0. The van der Waals surface area contributed by atoms with E-state index in [0.29, 0.717) is 12.4 Å². The summed E-state index contributed by atoms with van der Waals surface area (Å²) in [6.45, 7) is 8.82. The van der Waals surface area contributed by atoms with Crippen molar-refractivity contribution in [1.82, 2.24) is 14.7 Å². The maximum absolute atomic E-state index is 4.94. The molecule has 0 amide bonds. The molecule has 0 atom stereocenters. The van der Waals surface area contributed by atoms with Crippen LogP contribution in [0.3, 0.4) is 0 Å². The fourth-order valence-corrected chi connectivity index (χ4v) is 1.65. The summed E-state index contributed by atoms with van der Waals surface area (Å²) in [6, 6.07) is 0. The van der Waals surface area contributed by atoms with Crippen LogP contribution in [-0.4, -0.2) is 14.7 Å². The van der Waals surface area contributed by atoms with E-state index in [9.17, 15) is 0 Å². The van der Waals surface area contributed by atoms with E-state index in [2.05, 4.69) is 41.7 Å². The lowest BCUT2D eigenvalue weighted by Crippen LogP contribution is -2.02. The summed E-state index contributed by atoms with van der Waals surface area (Å²) in [5.74, 6) is 1.34. The summed E-state index contributed by atoms with van der Waals surface area (Å²) in [5.41, 5.74) is 3.89. The standard InChI is InChI=1S/C11H15N3O/c1-7-5-14(9(3)8(7)2)6-11-12-10(4)15-13-11/h5H,6H2,1-4H3. The lowest BCUT2D eigenvalue weighted by Gasteiger charge is -2.01. The van der Waals surface area contributed by atoms with Gasteiger partial charge in [0.2, 0.25) is 5.89 Å². The van der Waals surface area contributed by atoms with Gasteiger partial charge in [0.15, 0.2) is 5.82 Å². The molecule has 0 aliphatic rings. The molecule has 80 valence electrons. The highest BCUT2D eigenvalue weighted by Crippen LogP contribution is 2.15. The average Bonchev–Trinajstić information content (AvgIpc) is 2.68. The molecule has 0 bridgehead atoms. The van der Waals surface area contributed by atoms with Gasteiger partial charge in [-0.2, -0.15) is 4.98 Å². The van der Waals surface area contributed by atoms with Crippen LogP contribution in [-0.2, 0) is 6.54 Å². The summed E-state index contributed by atoms with van der Waals surface area (Å²) in [7, 11) is 0. The number of rotatable bonds is 2. The molecule has 0 radical (unpaired) electrons. The molecule has 0 aliphatic carbocycles. The minimum atomic E-state index is 0.614. The van der Waals surface area contributed by atoms with Gasteiger partial charge in [-0.25, -0.2) is 0 Å². The number of aromatic nitrogens is 3. The molecule has 0 spiro atoms. The van der Waals surface area contributed by atoms with Gasteiger partial charge < -0.3 is 9.09 Å². The van der Waals surface area contributed by atoms with Crippen molar-refractivity contribution in [3.05, 3.63) is 34.7 Å². The van der Waals surface area contributed by atoms with Crippen LogP contribution >= 0.6 is 0 Å². The summed E-state index contributed by atoms with van der Waals surface area (Å²) >= 11 is 0. The smallest absolute Gasteiger partial charge is 0.223 e. The SMILES string of the molecule is Cc1nc(Cn2cc(C)c(C)c2C)no1. The Bertz CT molecular complexity index is 482. The molecule has 0 aliphatic heterocycles. The van der Waals surface area contributed by atoms with E-state index in [1.54, 1.807) is 6.92 Å². The minimum Gasteiger partial charge on any atom is -0.343 e. The van der Waals surface area contributed by atoms with Crippen LogP contribution in [0.25, 0.3) is 0 Å². The van der Waals surface area contributed by atoms with E-state index < -0.39 is 0 Å². The van der Waals surface area contributed by atoms with Gasteiger partial charge in [0.25, 0.3) is 0 Å². The predicted octanol–water partition coefficient (Wildman–Crippen LogP) is 2.15. The van der Waals surface area contributed by atoms with Gasteiger partial charge >= 0.3 is 0 Å². The Morgan fingerprint density at radius 3 is 2.47 bits per heavy atom. The van der Waals surface area contributed by atoms with Gasteiger partial charge in [0, 0.05) is 18.8 Å². The van der Waals surface area contributed by atoms with Crippen LogP contribution in [0.2, 0.25) is 0 Å². The van der Waals surface area contributed by atoms with Crippen molar-refractivity contribution in [3.63, 3.8) is 0 Å². The van der Waals surface area contributed by atoms with E-state index in [4.69, 9.17) is 4.52 Å². The van der Waals surface area contributed by atoms with Gasteiger partial charge in [-0.1, -0.05) is 5.16 Å². The maximum Gasteiger partial charge on any atom is 0.223 e. The third-order valence-electron chi connectivity index (χ3n) is 2.80. The van der Waals surface area contributed by atoms with Crippen LogP contribution < -0.4 is 0 Å². The first-order valence-electron chi connectivity index (χ1n) is 5.00. The van der Waals surface area contributed by atoms with Crippen molar-refractivity contribution in [3.8, 4) is 0 Å². The van der Waals surface area contributed by atoms with Crippen LogP contribution in [0, 0.1) is 27.7 Å². The molecular formula is C11H15N3O. The number of aryl methyl sites for hydroxylation is 2. The molecule has 4 heteroatoms. The molecule has 2 heterocycles. The Morgan fingerprint density at radius 1 is 1.27 bits per heavy atom. The van der Waals surface area contributed by atoms with Gasteiger partial charge in [-0.3, -0.25) is 0 Å². The molecule has 2 rings (SSSR count). The molecule has 2 aromatic heterocycles. The summed E-state index contributed by atoms with van der Waals surface area (Å²) in [4.78, 5) is 4.19. The molecule has 4 nitrogen and oxygen atoms in total. The summed E-state index contributed by atoms with van der Waals surface area (Å²) in [5, 5.41) is 3.88. The van der Waals surface area contributed by atoms with Crippen LogP contribution in [0.4, 0.5) is 0 Å². The Kier molecular flexibility index (Phi) is 2.34. The second-order valence-electron chi connectivity index (χ2n) is 3.88. The monoisotopic (exact) mass is 205 g/mol. The molecule has 15 heavy (non-hydrogen) atoms. The zero-order valence-electron chi connectivity index (χ0n) is 9.53. The van der Waals surface area contributed by atoms with Crippen LogP contribution in [0.1, 0.15) is 28.5 Å². The quantitative estimate of drug-likeness (QED) is 0.754. The Hall–Kier alpha value is -1.58. The lowest BCUT2D eigenvalue weighted by molar-refractivity contribution is 0.386. The van der Waals surface area contributed by atoms with Gasteiger partial charge in [-0.15, -0.1) is 0 Å². The van der Waals surface area contributed by atoms with Crippen molar-refractivity contribution in [2.75, 3.05) is 0 Å². The van der Waals surface area contributed by atoms with Crippen molar-refractivity contribution in [2.45, 2.75) is 34.2 Å². The first-order chi connectivity index (χ1) is 7.08. The fraction of sp³-hybridized carbons (Fsp3) is 0.455. The maximum atomic E-state index is 4.94. The van der Waals surface area contributed by atoms with Crippen molar-refractivity contribution in [1.29, 1.82) is 0 Å². The molecule has 2 aromatic rings. The Morgan fingerprint density at radius 2 is 2.00 bits per heavy atom. The van der Waals surface area contributed by atoms with Gasteiger partial charge in [0.05, 0.1) is 6.54 Å². The summed E-state index contributed by atoms with van der Waals surface area (Å²) in [6.07, 6.45) is 2.12. The fourth-order valence-electron chi connectivity index (χ4n) is 1.65. The van der Waals surface area contributed by atoms with Crippen LogP contribution in [0.15, 0.2) is 10.7 Å². The number of nitrogens with zero attached hydrogens (tertiary/aromatic N) is 3. The largest absolute Gasteiger partial charge is 0.343 e. The van der Waals surface area contributed by atoms with E-state index in [-0.39, 0.29) is 0 Å². The average molecular weight is 205 g/mol. The molecule has 0 N–H and O–H groups in total. The minimum absolute atomic E-state index is 0.614. The third-order valence-corrected chi connectivity index (χ3v) is 2.80. The lowest BCUT2D eigenvalue weighted by atomic mass is 10.2. The molecule has 0 unspecified atom stereocenters. The van der Waals surface area contributed by atoms with E-state index in [0.717, 1.165) is 5.82 Å². The first kappa shape index (κ1) is 9.96. The van der Waals surface area contributed by atoms with E-state index >= 15 is 0 Å². The predicted molar refractivity (Wildman–Crippen MR) is 56.8 cm³/mol. The van der Waals surface area contributed by atoms with Gasteiger partial charge in [-0.05, 0) is 31.9 Å². The molecule has 0 saturated carbocycles. The Labute approximate surface area is 88.9 Å². The van der Waals surface area contributed by atoms with Crippen molar-refractivity contribution >= 4 is 0 Å². The van der Waals surface area contributed by atoms with Crippen molar-refractivity contribution in [2.24, 2.45) is 0 Å². The zero-order valence-corrected chi connectivity index (χ0v) is 9.53. The molecular weight excluding hydrogens is 190 g/mol. The number of hydrogen-bond donors (Lipinski definition) is 0. The van der Waals surface area contributed by atoms with E-state index in [1.165, 1.54) is 16.8 Å². The van der Waals surface area contributed by atoms with E-state index in [1.807, 2.05) is 0 Å². The molecule has 0 saturated heterocycles. The van der Waals surface area contributed by atoms with Crippen LogP contribution in [0.5, 0.6) is 0 Å². The second kappa shape index (κ2) is 3.53. The van der Waals surface area contributed by atoms with Crippen molar-refractivity contribution < 1.29 is 4.52 Å². The third kappa shape index (κ3) is 1.79. The highest BCUT2D eigenvalue weighted by Gasteiger charge is 2.08. The molecule has 0 aromatic carbocycles. The second-order valence-corrected chi connectivity index (χ2v) is 3.88. The topological polar surface area (TPSA) is 43.9 Å². The Balaban J connectivity index is 2.28.